The van der Waals surface area contributed by atoms with E-state index in [1.54, 1.807) is 11.8 Å². The van der Waals surface area contributed by atoms with E-state index in [-0.39, 0.29) is 0 Å². The minimum atomic E-state index is 0.413. The summed E-state index contributed by atoms with van der Waals surface area (Å²) in [5.74, 6) is 6.54. The quantitative estimate of drug-likeness (QED) is 0.599. The van der Waals surface area contributed by atoms with Crippen molar-refractivity contribution in [2.24, 2.45) is 5.84 Å². The summed E-state index contributed by atoms with van der Waals surface area (Å²) in [6, 6.07) is 0. The molecule has 0 amide bonds. The van der Waals surface area contributed by atoms with E-state index in [1.807, 2.05) is 0 Å². The van der Waals surface area contributed by atoms with Gasteiger partial charge in [-0.2, -0.15) is 15.0 Å². The topological polar surface area (TPSA) is 89.2 Å². The number of hydrogen-bond donors (Lipinski definition) is 2. The number of thioether (sulfide) groups is 1. The Labute approximate surface area is 123 Å². The van der Waals surface area contributed by atoms with E-state index in [0.29, 0.717) is 17.1 Å². The van der Waals surface area contributed by atoms with Crippen LogP contribution in [0.15, 0.2) is 5.16 Å². The molecule has 0 atom stereocenters. The van der Waals surface area contributed by atoms with Gasteiger partial charge in [0.15, 0.2) is 5.16 Å². The standard InChI is InChI=1S/C12H22N6OS/c1-3-18(4-2)11-14-10(17-13)15-12(16-11)20-9-5-7-19-8-6-9/h9H,3-8,13H2,1-2H3,(H,14,15,16,17). The van der Waals surface area contributed by atoms with E-state index in [1.165, 1.54) is 0 Å². The van der Waals surface area contributed by atoms with Crippen LogP contribution >= 0.6 is 11.8 Å². The fraction of sp³-hybridized carbons (Fsp3) is 0.750. The van der Waals surface area contributed by atoms with Crippen molar-refractivity contribution in [3.8, 4) is 0 Å². The average Bonchev–Trinajstić information content (AvgIpc) is 2.49. The number of rotatable bonds is 6. The van der Waals surface area contributed by atoms with Crippen molar-refractivity contribution in [1.82, 2.24) is 15.0 Å². The summed E-state index contributed by atoms with van der Waals surface area (Å²) in [6.07, 6.45) is 2.06. The van der Waals surface area contributed by atoms with E-state index >= 15 is 0 Å². The molecule has 1 aromatic rings. The minimum absolute atomic E-state index is 0.413. The van der Waals surface area contributed by atoms with Gasteiger partial charge >= 0.3 is 0 Å². The fourth-order valence-electron chi connectivity index (χ4n) is 2.05. The summed E-state index contributed by atoms with van der Waals surface area (Å²) in [6.45, 7) is 7.49. The molecule has 1 aliphatic heterocycles. The van der Waals surface area contributed by atoms with Crippen molar-refractivity contribution in [2.75, 3.05) is 36.6 Å². The van der Waals surface area contributed by atoms with E-state index in [9.17, 15) is 0 Å². The van der Waals surface area contributed by atoms with Gasteiger partial charge in [-0.05, 0) is 26.7 Å². The van der Waals surface area contributed by atoms with Crippen molar-refractivity contribution in [2.45, 2.75) is 37.1 Å². The number of nitrogens with zero attached hydrogens (tertiary/aromatic N) is 4. The second kappa shape index (κ2) is 7.61. The van der Waals surface area contributed by atoms with Crippen LogP contribution in [-0.4, -0.2) is 46.5 Å². The Hall–Kier alpha value is -1.12. The summed E-state index contributed by atoms with van der Waals surface area (Å²) in [5.41, 5.74) is 2.52. The van der Waals surface area contributed by atoms with Crippen molar-refractivity contribution >= 4 is 23.7 Å². The molecule has 1 aliphatic rings. The maximum atomic E-state index is 5.45. The van der Waals surface area contributed by atoms with Crippen molar-refractivity contribution in [1.29, 1.82) is 0 Å². The van der Waals surface area contributed by atoms with Crippen LogP contribution in [-0.2, 0) is 4.74 Å². The normalized spacial score (nSPS) is 16.1. The molecule has 0 saturated carbocycles. The molecule has 112 valence electrons. The van der Waals surface area contributed by atoms with Crippen LogP contribution in [0, 0.1) is 0 Å². The van der Waals surface area contributed by atoms with Crippen LogP contribution in [0.4, 0.5) is 11.9 Å². The van der Waals surface area contributed by atoms with E-state index in [0.717, 1.165) is 44.3 Å². The van der Waals surface area contributed by atoms with Crippen molar-refractivity contribution < 1.29 is 4.74 Å². The first-order valence-corrected chi connectivity index (χ1v) is 7.86. The van der Waals surface area contributed by atoms with Gasteiger partial charge in [-0.25, -0.2) is 5.84 Å². The Kier molecular flexibility index (Phi) is 5.81. The van der Waals surface area contributed by atoms with Gasteiger partial charge in [0.1, 0.15) is 0 Å². The van der Waals surface area contributed by atoms with E-state index in [4.69, 9.17) is 10.6 Å². The first-order chi connectivity index (χ1) is 9.76. The molecule has 0 unspecified atom stereocenters. The molecule has 1 aromatic heterocycles. The van der Waals surface area contributed by atoms with Crippen LogP contribution in [0.2, 0.25) is 0 Å². The Morgan fingerprint density at radius 3 is 2.55 bits per heavy atom. The monoisotopic (exact) mass is 298 g/mol. The largest absolute Gasteiger partial charge is 0.381 e. The molecule has 0 bridgehead atoms. The maximum Gasteiger partial charge on any atom is 0.242 e. The first kappa shape index (κ1) is 15.3. The molecule has 0 spiro atoms. The number of hydrazine groups is 1. The van der Waals surface area contributed by atoms with Gasteiger partial charge in [-0.1, -0.05) is 11.8 Å². The third-order valence-corrected chi connectivity index (χ3v) is 4.42. The van der Waals surface area contributed by atoms with Crippen LogP contribution in [0.1, 0.15) is 26.7 Å². The highest BCUT2D eigenvalue weighted by Crippen LogP contribution is 2.28. The van der Waals surface area contributed by atoms with Crippen molar-refractivity contribution in [3.63, 3.8) is 0 Å². The average molecular weight is 298 g/mol. The molecule has 2 heterocycles. The van der Waals surface area contributed by atoms with Gasteiger partial charge in [0, 0.05) is 31.6 Å². The lowest BCUT2D eigenvalue weighted by Crippen LogP contribution is -2.26. The minimum Gasteiger partial charge on any atom is -0.381 e. The third-order valence-electron chi connectivity index (χ3n) is 3.22. The number of anilines is 2. The SMILES string of the molecule is CCN(CC)c1nc(NN)nc(SC2CCOCC2)n1. The summed E-state index contributed by atoms with van der Waals surface area (Å²) in [4.78, 5) is 15.3. The molecular weight excluding hydrogens is 276 g/mol. The number of nitrogens with one attached hydrogen (secondary N) is 1. The maximum absolute atomic E-state index is 5.45. The Morgan fingerprint density at radius 2 is 1.95 bits per heavy atom. The molecule has 0 aliphatic carbocycles. The first-order valence-electron chi connectivity index (χ1n) is 6.98. The highest BCUT2D eigenvalue weighted by atomic mass is 32.2. The van der Waals surface area contributed by atoms with Crippen LogP contribution in [0.5, 0.6) is 0 Å². The van der Waals surface area contributed by atoms with E-state index in [2.05, 4.69) is 39.1 Å². The van der Waals surface area contributed by atoms with Gasteiger partial charge in [0.05, 0.1) is 0 Å². The highest BCUT2D eigenvalue weighted by Gasteiger charge is 2.18. The number of nitrogens with two attached hydrogens (primary N) is 1. The van der Waals surface area contributed by atoms with Crippen LogP contribution in [0.3, 0.4) is 0 Å². The smallest absolute Gasteiger partial charge is 0.242 e. The number of nitrogen functional groups attached to an aromatic ring is 1. The summed E-state index contributed by atoms with van der Waals surface area (Å²) < 4.78 is 5.37. The van der Waals surface area contributed by atoms with E-state index < -0.39 is 0 Å². The zero-order valence-corrected chi connectivity index (χ0v) is 12.8. The zero-order valence-electron chi connectivity index (χ0n) is 12.0. The van der Waals surface area contributed by atoms with Gasteiger partial charge in [0.2, 0.25) is 11.9 Å². The molecule has 3 N–H and O–H groups in total. The number of hydrogen-bond acceptors (Lipinski definition) is 8. The molecule has 0 aromatic carbocycles. The fourth-order valence-corrected chi connectivity index (χ4v) is 3.05. The molecular formula is C12H22N6OS. The second-order valence-electron chi connectivity index (χ2n) is 4.49. The summed E-state index contributed by atoms with van der Waals surface area (Å²) in [7, 11) is 0. The molecule has 8 heteroatoms. The van der Waals surface area contributed by atoms with Crippen molar-refractivity contribution in [3.05, 3.63) is 0 Å². The number of aromatic nitrogens is 3. The summed E-state index contributed by atoms with van der Waals surface area (Å²) in [5, 5.41) is 1.23. The molecule has 2 rings (SSSR count). The molecule has 0 radical (unpaired) electrons. The Morgan fingerprint density at radius 1 is 1.25 bits per heavy atom. The molecule has 1 saturated heterocycles. The highest BCUT2D eigenvalue weighted by molar-refractivity contribution is 7.99. The Balaban J connectivity index is 2.16. The van der Waals surface area contributed by atoms with Crippen LogP contribution < -0.4 is 16.2 Å². The molecule has 1 fully saturated rings. The lowest BCUT2D eigenvalue weighted by Gasteiger charge is -2.22. The number of ether oxygens (including phenoxy) is 1. The molecule has 20 heavy (non-hydrogen) atoms. The lowest BCUT2D eigenvalue weighted by molar-refractivity contribution is 0.1000. The van der Waals surface area contributed by atoms with Gasteiger partial charge in [0.25, 0.3) is 0 Å². The third kappa shape index (κ3) is 3.94. The molecule has 7 nitrogen and oxygen atoms in total. The van der Waals surface area contributed by atoms with Gasteiger partial charge in [-0.15, -0.1) is 0 Å². The predicted octanol–water partition coefficient (Wildman–Crippen LogP) is 1.27. The van der Waals surface area contributed by atoms with Gasteiger partial charge in [-0.3, -0.25) is 5.43 Å². The summed E-state index contributed by atoms with van der Waals surface area (Å²) >= 11 is 1.68. The second-order valence-corrected chi connectivity index (χ2v) is 5.76. The lowest BCUT2D eigenvalue weighted by atomic mass is 10.2. The van der Waals surface area contributed by atoms with Gasteiger partial charge < -0.3 is 9.64 Å². The zero-order chi connectivity index (χ0) is 14.4. The Bertz CT molecular complexity index is 422. The van der Waals surface area contributed by atoms with Crippen LogP contribution in [0.25, 0.3) is 0 Å². The predicted molar refractivity (Wildman–Crippen MR) is 80.9 cm³/mol.